The van der Waals surface area contributed by atoms with E-state index in [0.717, 1.165) is 31.9 Å². The molecule has 0 unspecified atom stereocenters. The maximum atomic E-state index is 14.3. The van der Waals surface area contributed by atoms with Gasteiger partial charge in [0, 0.05) is 61.1 Å². The van der Waals surface area contributed by atoms with Crippen molar-refractivity contribution in [3.05, 3.63) is 76.3 Å². The third-order valence-corrected chi connectivity index (χ3v) is 5.91. The minimum absolute atomic E-state index is 0.0756. The molecule has 172 valence electrons. The van der Waals surface area contributed by atoms with Crippen molar-refractivity contribution in [1.29, 1.82) is 0 Å². The molecule has 0 aliphatic carbocycles. The number of aromatic nitrogens is 1. The van der Waals surface area contributed by atoms with Gasteiger partial charge in [0.2, 0.25) is 0 Å². The van der Waals surface area contributed by atoms with E-state index >= 15 is 0 Å². The SMILES string of the molecule is COc1cc(N2CCNCC2)ccc1Nc1cc(Cc2c(F)cccc2Cl)cnc1C(N)=O. The van der Waals surface area contributed by atoms with Crippen molar-refractivity contribution in [1.82, 2.24) is 10.3 Å². The molecule has 7 nitrogen and oxygen atoms in total. The Kier molecular flexibility index (Phi) is 6.96. The van der Waals surface area contributed by atoms with Gasteiger partial charge in [-0.25, -0.2) is 9.37 Å². The zero-order chi connectivity index (χ0) is 23.4. The first-order valence-corrected chi connectivity index (χ1v) is 11.0. The van der Waals surface area contributed by atoms with E-state index in [1.807, 2.05) is 18.2 Å². The topological polar surface area (TPSA) is 92.5 Å². The van der Waals surface area contributed by atoms with Crippen LogP contribution in [0.15, 0.2) is 48.7 Å². The molecule has 33 heavy (non-hydrogen) atoms. The lowest BCUT2D eigenvalue weighted by Crippen LogP contribution is -2.43. The van der Waals surface area contributed by atoms with Gasteiger partial charge in [0.05, 0.1) is 18.5 Å². The standard InChI is InChI=1S/C24H25ClFN5O2/c1-33-22-13-16(31-9-7-28-8-10-31)5-6-20(22)30-21-12-15(14-29-23(21)24(27)32)11-17-18(25)3-2-4-19(17)26/h2-6,12-14,28,30H,7-11H2,1H3,(H2,27,32). The van der Waals surface area contributed by atoms with Crippen LogP contribution >= 0.6 is 11.6 Å². The summed E-state index contributed by atoms with van der Waals surface area (Å²) in [6.07, 6.45) is 1.71. The van der Waals surface area contributed by atoms with Gasteiger partial charge >= 0.3 is 0 Å². The fraction of sp³-hybridized carbons (Fsp3) is 0.250. The normalized spacial score (nSPS) is 13.6. The van der Waals surface area contributed by atoms with Crippen molar-refractivity contribution in [3.63, 3.8) is 0 Å². The predicted octanol–water partition coefficient (Wildman–Crippen LogP) is 3.73. The summed E-state index contributed by atoms with van der Waals surface area (Å²) in [6.45, 7) is 3.67. The minimum atomic E-state index is -0.677. The van der Waals surface area contributed by atoms with Gasteiger partial charge in [-0.15, -0.1) is 0 Å². The van der Waals surface area contributed by atoms with Crippen LogP contribution in [0, 0.1) is 5.82 Å². The highest BCUT2D eigenvalue weighted by Crippen LogP contribution is 2.33. The number of nitrogens with one attached hydrogen (secondary N) is 2. The molecule has 1 amide bonds. The first-order chi connectivity index (χ1) is 16.0. The predicted molar refractivity (Wildman–Crippen MR) is 128 cm³/mol. The Balaban J connectivity index is 1.65. The molecular formula is C24H25ClFN5O2. The number of hydrogen-bond donors (Lipinski definition) is 3. The van der Waals surface area contributed by atoms with E-state index in [1.165, 1.54) is 12.3 Å². The molecule has 0 radical (unpaired) electrons. The number of hydrogen-bond acceptors (Lipinski definition) is 6. The molecule has 4 N–H and O–H groups in total. The molecule has 1 saturated heterocycles. The molecule has 0 spiro atoms. The molecule has 2 heterocycles. The molecular weight excluding hydrogens is 445 g/mol. The highest BCUT2D eigenvalue weighted by Gasteiger charge is 2.17. The molecule has 1 fully saturated rings. The molecule has 1 aromatic heterocycles. The van der Waals surface area contributed by atoms with Gasteiger partial charge in [0.1, 0.15) is 11.6 Å². The zero-order valence-corrected chi connectivity index (χ0v) is 19.0. The van der Waals surface area contributed by atoms with Gasteiger partial charge in [0.15, 0.2) is 5.69 Å². The number of primary amides is 1. The second kappa shape index (κ2) is 10.1. The van der Waals surface area contributed by atoms with Gasteiger partial charge < -0.3 is 26.0 Å². The Morgan fingerprint density at radius 3 is 2.73 bits per heavy atom. The number of benzene rings is 2. The third kappa shape index (κ3) is 5.18. The van der Waals surface area contributed by atoms with Crippen LogP contribution in [0.5, 0.6) is 5.75 Å². The number of halogens is 2. The molecule has 3 aromatic rings. The third-order valence-electron chi connectivity index (χ3n) is 5.56. The van der Waals surface area contributed by atoms with Crippen molar-refractivity contribution in [2.24, 2.45) is 5.73 Å². The van der Waals surface area contributed by atoms with Crippen LogP contribution in [0.1, 0.15) is 21.6 Å². The van der Waals surface area contributed by atoms with Crippen LogP contribution in [-0.4, -0.2) is 44.2 Å². The van der Waals surface area contributed by atoms with Gasteiger partial charge in [-0.05, 0) is 35.9 Å². The number of piperazine rings is 1. The minimum Gasteiger partial charge on any atom is -0.494 e. The summed E-state index contributed by atoms with van der Waals surface area (Å²) in [4.78, 5) is 18.5. The summed E-state index contributed by atoms with van der Waals surface area (Å²) in [5.41, 5.74) is 8.76. The molecule has 1 aliphatic heterocycles. The summed E-state index contributed by atoms with van der Waals surface area (Å²) in [7, 11) is 1.59. The number of carbonyl (C=O) groups excluding carboxylic acids is 1. The Hall–Kier alpha value is -3.36. The number of nitrogens with zero attached hydrogens (tertiary/aromatic N) is 2. The first kappa shape index (κ1) is 22.8. The summed E-state index contributed by atoms with van der Waals surface area (Å²) >= 11 is 6.17. The summed E-state index contributed by atoms with van der Waals surface area (Å²) in [5, 5.41) is 6.88. The number of rotatable bonds is 7. The second-order valence-electron chi connectivity index (χ2n) is 7.73. The van der Waals surface area contributed by atoms with Crippen molar-refractivity contribution in [2.45, 2.75) is 6.42 Å². The Bertz CT molecular complexity index is 1150. The Labute approximate surface area is 196 Å². The van der Waals surface area contributed by atoms with E-state index in [9.17, 15) is 9.18 Å². The van der Waals surface area contributed by atoms with Crippen LogP contribution in [0.4, 0.5) is 21.5 Å². The van der Waals surface area contributed by atoms with E-state index in [0.29, 0.717) is 33.3 Å². The van der Waals surface area contributed by atoms with Gasteiger partial charge in [-0.1, -0.05) is 17.7 Å². The molecule has 0 atom stereocenters. The van der Waals surface area contributed by atoms with E-state index < -0.39 is 11.7 Å². The maximum Gasteiger partial charge on any atom is 0.269 e. The van der Waals surface area contributed by atoms with E-state index in [1.54, 1.807) is 25.3 Å². The molecule has 1 aliphatic rings. The number of pyridine rings is 1. The first-order valence-electron chi connectivity index (χ1n) is 10.6. The van der Waals surface area contributed by atoms with Crippen molar-refractivity contribution >= 4 is 34.6 Å². The van der Waals surface area contributed by atoms with E-state index in [2.05, 4.69) is 20.5 Å². The number of anilines is 3. The highest BCUT2D eigenvalue weighted by atomic mass is 35.5. The Morgan fingerprint density at radius 2 is 2.03 bits per heavy atom. The van der Waals surface area contributed by atoms with Crippen molar-refractivity contribution < 1.29 is 13.9 Å². The maximum absolute atomic E-state index is 14.3. The van der Waals surface area contributed by atoms with Crippen molar-refractivity contribution in [2.75, 3.05) is 43.5 Å². The quantitative estimate of drug-likeness (QED) is 0.488. The second-order valence-corrected chi connectivity index (χ2v) is 8.13. The van der Waals surface area contributed by atoms with Crippen LogP contribution in [0.3, 0.4) is 0 Å². The number of amides is 1. The summed E-state index contributed by atoms with van der Waals surface area (Å²) < 4.78 is 19.9. The Morgan fingerprint density at radius 1 is 1.24 bits per heavy atom. The average Bonchev–Trinajstić information content (AvgIpc) is 2.82. The molecule has 4 rings (SSSR count). The molecule has 2 aromatic carbocycles. The van der Waals surface area contributed by atoms with Crippen LogP contribution < -0.4 is 26.0 Å². The lowest BCUT2D eigenvalue weighted by molar-refractivity contribution is 0.0996. The number of carbonyl (C=O) groups is 1. The largest absolute Gasteiger partial charge is 0.494 e. The lowest BCUT2D eigenvalue weighted by Gasteiger charge is -2.30. The lowest BCUT2D eigenvalue weighted by atomic mass is 10.0. The van der Waals surface area contributed by atoms with Crippen LogP contribution in [0.2, 0.25) is 5.02 Å². The summed E-state index contributed by atoms with van der Waals surface area (Å²) in [5.74, 6) is -0.463. The van der Waals surface area contributed by atoms with E-state index in [4.69, 9.17) is 22.1 Å². The van der Waals surface area contributed by atoms with Crippen LogP contribution in [0.25, 0.3) is 0 Å². The molecule has 9 heteroatoms. The number of nitrogens with two attached hydrogens (primary N) is 1. The van der Waals surface area contributed by atoms with Gasteiger partial charge in [0.25, 0.3) is 5.91 Å². The van der Waals surface area contributed by atoms with Crippen LogP contribution in [-0.2, 0) is 6.42 Å². The van der Waals surface area contributed by atoms with Gasteiger partial charge in [-0.3, -0.25) is 4.79 Å². The van der Waals surface area contributed by atoms with Crippen molar-refractivity contribution in [3.8, 4) is 5.75 Å². The fourth-order valence-corrected chi connectivity index (χ4v) is 4.08. The van der Waals surface area contributed by atoms with E-state index in [-0.39, 0.29) is 12.1 Å². The zero-order valence-electron chi connectivity index (χ0n) is 18.2. The average molecular weight is 470 g/mol. The molecule has 0 bridgehead atoms. The number of ether oxygens (including phenoxy) is 1. The summed E-state index contributed by atoms with van der Waals surface area (Å²) in [6, 6.07) is 12.1. The molecule has 0 saturated carbocycles. The monoisotopic (exact) mass is 469 g/mol. The smallest absolute Gasteiger partial charge is 0.269 e. The van der Waals surface area contributed by atoms with Gasteiger partial charge in [-0.2, -0.15) is 0 Å². The highest BCUT2D eigenvalue weighted by molar-refractivity contribution is 6.31. The number of methoxy groups -OCH3 is 1. The fourth-order valence-electron chi connectivity index (χ4n) is 3.85.